The Bertz CT molecular complexity index is 2330. The fourth-order valence-electron chi connectivity index (χ4n) is 10.1. The minimum Gasteiger partial charge on any atom is -0.478 e. The lowest BCUT2D eigenvalue weighted by atomic mass is 9.94. The molecule has 0 saturated heterocycles. The van der Waals surface area contributed by atoms with Crippen molar-refractivity contribution in [1.29, 1.82) is 0 Å². The molecule has 356 valence electrons. The summed E-state index contributed by atoms with van der Waals surface area (Å²) in [5.41, 5.74) is 14.2. The number of aromatic carboxylic acids is 1. The number of benzene rings is 1. The minimum atomic E-state index is -0.924. The predicted molar refractivity (Wildman–Crippen MR) is 283 cm³/mol. The Kier molecular flexibility index (Phi) is 21.9. The molecule has 0 spiro atoms. The number of H-pyrrole nitrogens is 2. The molecule has 0 saturated carbocycles. The number of carbonyl (C=O) groups is 1. The molecular weight excluding hydrogens is 809 g/mol. The summed E-state index contributed by atoms with van der Waals surface area (Å²) in [5, 5.41) is 10.0. The molecule has 6 heteroatoms. The van der Waals surface area contributed by atoms with Crippen molar-refractivity contribution < 1.29 is 9.90 Å². The Morgan fingerprint density at radius 3 is 1.48 bits per heavy atom. The number of hydrogen-bond donors (Lipinski definition) is 3. The van der Waals surface area contributed by atoms with Gasteiger partial charge < -0.3 is 15.1 Å². The van der Waals surface area contributed by atoms with Crippen molar-refractivity contribution >= 4 is 51.8 Å². The van der Waals surface area contributed by atoms with E-state index in [0.29, 0.717) is 0 Å². The van der Waals surface area contributed by atoms with Crippen LogP contribution in [0.25, 0.3) is 45.9 Å². The lowest BCUT2D eigenvalue weighted by molar-refractivity contribution is 0.0696. The first kappa shape index (κ1) is 50.7. The lowest BCUT2D eigenvalue weighted by Gasteiger charge is -2.11. The molecule has 1 aromatic carbocycles. The second kappa shape index (κ2) is 28.5. The predicted octanol–water partition coefficient (Wildman–Crippen LogP) is 18.0. The van der Waals surface area contributed by atoms with E-state index in [1.54, 1.807) is 12.1 Å². The van der Waals surface area contributed by atoms with Crippen LogP contribution >= 0.6 is 0 Å². The topological polar surface area (TPSA) is 94.7 Å². The molecule has 0 aliphatic carbocycles. The minimum absolute atomic E-state index is 0.280. The molecule has 0 amide bonds. The quantitative estimate of drug-likeness (QED) is 0.0368. The third kappa shape index (κ3) is 15.7. The second-order valence-electron chi connectivity index (χ2n) is 19.5. The van der Waals surface area contributed by atoms with Crippen LogP contribution in [0.2, 0.25) is 0 Å². The maximum Gasteiger partial charge on any atom is 0.335 e. The second-order valence-corrected chi connectivity index (χ2v) is 19.5. The summed E-state index contributed by atoms with van der Waals surface area (Å²) in [6.07, 6.45) is 44.3. The first-order valence-electron chi connectivity index (χ1n) is 27.0. The van der Waals surface area contributed by atoms with Gasteiger partial charge >= 0.3 is 5.97 Å². The molecule has 3 N–H and O–H groups in total. The third-order valence-corrected chi connectivity index (χ3v) is 14.0. The number of nitrogens with one attached hydrogen (secondary N) is 2. The van der Waals surface area contributed by atoms with Crippen molar-refractivity contribution in [1.82, 2.24) is 19.9 Å². The SMILES string of the molecule is CCCCCCCCCCCc1c2nc(c(CCCCCCCCCCC)c3ccc([nH]3)c(CCCCCCCCCCC)c3ccc(cc4nc1C(c1cccc(C(=O)O)c1)=C4)[nH]3)C=C2. The zero-order valence-electron chi connectivity index (χ0n) is 41.4. The summed E-state index contributed by atoms with van der Waals surface area (Å²) in [4.78, 5) is 31.0. The van der Waals surface area contributed by atoms with Crippen molar-refractivity contribution in [2.24, 2.45) is 0 Å². The van der Waals surface area contributed by atoms with Gasteiger partial charge in [-0.15, -0.1) is 0 Å². The highest BCUT2D eigenvalue weighted by Crippen LogP contribution is 2.35. The molecule has 2 aliphatic heterocycles. The van der Waals surface area contributed by atoms with Crippen LogP contribution in [-0.4, -0.2) is 31.0 Å². The first-order chi connectivity index (χ1) is 32.5. The molecule has 5 heterocycles. The highest BCUT2D eigenvalue weighted by Gasteiger charge is 2.22. The third-order valence-electron chi connectivity index (χ3n) is 14.0. The van der Waals surface area contributed by atoms with Gasteiger partial charge in [0.2, 0.25) is 0 Å². The van der Waals surface area contributed by atoms with Crippen molar-refractivity contribution in [3.8, 4) is 0 Å². The molecule has 4 aromatic rings. The number of carboxylic acids is 1. The van der Waals surface area contributed by atoms with Gasteiger partial charge in [0, 0.05) is 38.8 Å². The number of aromatic nitrogens is 4. The van der Waals surface area contributed by atoms with E-state index in [-0.39, 0.29) is 5.56 Å². The highest BCUT2D eigenvalue weighted by atomic mass is 16.4. The van der Waals surface area contributed by atoms with Crippen molar-refractivity contribution in [2.45, 2.75) is 213 Å². The Hall–Kier alpha value is -4.71. The summed E-state index contributed by atoms with van der Waals surface area (Å²) in [6.45, 7) is 6.86. The summed E-state index contributed by atoms with van der Waals surface area (Å²) in [6, 6.07) is 18.6. The van der Waals surface area contributed by atoms with E-state index in [0.717, 1.165) is 89.0 Å². The zero-order valence-corrected chi connectivity index (χ0v) is 41.4. The number of nitrogens with zero attached hydrogens (tertiary/aromatic N) is 2. The van der Waals surface area contributed by atoms with Gasteiger partial charge in [-0.2, -0.15) is 0 Å². The van der Waals surface area contributed by atoms with Gasteiger partial charge in [0.1, 0.15) is 0 Å². The molecule has 0 fully saturated rings. The lowest BCUT2D eigenvalue weighted by Crippen LogP contribution is -2.01. The van der Waals surface area contributed by atoms with Crippen LogP contribution in [0.5, 0.6) is 0 Å². The molecule has 3 aromatic heterocycles. The fraction of sp³-hybridized carbons (Fsp3) is 0.550. The Morgan fingerprint density at radius 1 is 0.485 bits per heavy atom. The summed E-state index contributed by atoms with van der Waals surface area (Å²) < 4.78 is 0. The number of rotatable bonds is 32. The summed E-state index contributed by atoms with van der Waals surface area (Å²) in [7, 11) is 0. The number of unbranched alkanes of at least 4 members (excludes halogenated alkanes) is 24. The van der Waals surface area contributed by atoms with Gasteiger partial charge in [0.25, 0.3) is 0 Å². The molecule has 2 aliphatic rings. The molecule has 6 nitrogen and oxygen atoms in total. The van der Waals surface area contributed by atoms with E-state index in [1.165, 1.54) is 176 Å². The first-order valence-corrected chi connectivity index (χ1v) is 27.0. The Balaban J connectivity index is 1.41. The van der Waals surface area contributed by atoms with Gasteiger partial charge in [-0.05, 0) is 110 Å². The van der Waals surface area contributed by atoms with E-state index >= 15 is 0 Å². The van der Waals surface area contributed by atoms with Gasteiger partial charge in [0.05, 0.1) is 28.3 Å². The number of aromatic amines is 2. The van der Waals surface area contributed by atoms with E-state index in [2.05, 4.69) is 79.3 Å². The molecule has 66 heavy (non-hydrogen) atoms. The molecule has 8 bridgehead atoms. The van der Waals surface area contributed by atoms with Gasteiger partial charge in [-0.3, -0.25) is 0 Å². The van der Waals surface area contributed by atoms with Gasteiger partial charge in [-0.1, -0.05) is 187 Å². The number of fused-ring (bicyclic) bond motifs is 8. The largest absolute Gasteiger partial charge is 0.478 e. The Morgan fingerprint density at radius 2 is 0.939 bits per heavy atom. The van der Waals surface area contributed by atoms with E-state index in [4.69, 9.17) is 9.97 Å². The van der Waals surface area contributed by atoms with E-state index < -0.39 is 5.97 Å². The fourth-order valence-corrected chi connectivity index (χ4v) is 10.1. The number of hydrogen-bond acceptors (Lipinski definition) is 3. The smallest absolute Gasteiger partial charge is 0.335 e. The maximum absolute atomic E-state index is 12.3. The van der Waals surface area contributed by atoms with Crippen LogP contribution in [0.1, 0.15) is 250 Å². The normalized spacial score (nSPS) is 12.3. The van der Waals surface area contributed by atoms with Crippen LogP contribution in [0.3, 0.4) is 0 Å². The average Bonchev–Trinajstić information content (AvgIpc) is 4.17. The summed E-state index contributed by atoms with van der Waals surface area (Å²) >= 11 is 0. The highest BCUT2D eigenvalue weighted by molar-refractivity contribution is 5.97. The monoisotopic (exact) mass is 893 g/mol. The molecule has 0 unspecified atom stereocenters. The van der Waals surface area contributed by atoms with E-state index in [1.807, 2.05) is 12.1 Å². The van der Waals surface area contributed by atoms with Crippen LogP contribution in [0.15, 0.2) is 54.6 Å². The molecule has 6 rings (SSSR count). The maximum atomic E-state index is 12.3. The van der Waals surface area contributed by atoms with Crippen LogP contribution < -0.4 is 0 Å². The molecular formula is C60H84N4O2. The zero-order chi connectivity index (χ0) is 46.2. The van der Waals surface area contributed by atoms with Crippen LogP contribution in [0, 0.1) is 0 Å². The number of carboxylic acid groups (broad SMARTS) is 1. The van der Waals surface area contributed by atoms with Gasteiger partial charge in [0.15, 0.2) is 0 Å². The number of aryl methyl sites for hydroxylation is 2. The van der Waals surface area contributed by atoms with Crippen LogP contribution in [-0.2, 0) is 19.3 Å². The average molecular weight is 893 g/mol. The van der Waals surface area contributed by atoms with Crippen molar-refractivity contribution in [3.05, 3.63) is 105 Å². The Labute approximate surface area is 398 Å². The van der Waals surface area contributed by atoms with Crippen LogP contribution in [0.4, 0.5) is 0 Å². The van der Waals surface area contributed by atoms with Crippen molar-refractivity contribution in [3.63, 3.8) is 0 Å². The van der Waals surface area contributed by atoms with Crippen molar-refractivity contribution in [2.75, 3.05) is 0 Å². The molecule has 0 radical (unpaired) electrons. The summed E-state index contributed by atoms with van der Waals surface area (Å²) in [5.74, 6) is -0.924. The van der Waals surface area contributed by atoms with Gasteiger partial charge in [-0.25, -0.2) is 14.8 Å². The standard InChI is InChI=1S/C60H84N4O2/c1-4-7-10-13-16-19-22-25-28-34-50-54-38-37-48(61-54)44-49-45-53(46-32-31-33-47(43-46)60(65)66)59(62-49)52(36-30-27-24-21-18-15-12-9-6-3)58-42-41-57(64-58)51(56-40-39-55(50)63-56)35-29-26-23-20-17-14-11-8-5-2/h31-33,37-45,61,63H,4-30,34-36H2,1-3H3,(H,65,66). The molecule has 0 atom stereocenters. The van der Waals surface area contributed by atoms with E-state index in [9.17, 15) is 9.90 Å².